The summed E-state index contributed by atoms with van der Waals surface area (Å²) in [5.74, 6) is -0.385. The number of esters is 2. The molecule has 0 heterocycles. The molecule has 0 aliphatic carbocycles. The van der Waals surface area contributed by atoms with Crippen LogP contribution in [0.1, 0.15) is 278 Å². The third-order valence-corrected chi connectivity index (χ3v) is 11.5. The van der Waals surface area contributed by atoms with Crippen molar-refractivity contribution < 1.29 is 23.8 Å². The van der Waals surface area contributed by atoms with Gasteiger partial charge in [0.1, 0.15) is 6.61 Å². The number of hydrogen-bond donors (Lipinski definition) is 0. The van der Waals surface area contributed by atoms with Gasteiger partial charge in [-0.15, -0.1) is 0 Å². The highest BCUT2D eigenvalue weighted by Crippen LogP contribution is 2.15. The summed E-state index contributed by atoms with van der Waals surface area (Å²) in [6.07, 6.45) is 57.6. The van der Waals surface area contributed by atoms with Gasteiger partial charge in [0.15, 0.2) is 6.10 Å². The molecule has 58 heavy (non-hydrogen) atoms. The molecular weight excluding hydrogens is 717 g/mol. The second-order valence-electron chi connectivity index (χ2n) is 17.4. The maximum absolute atomic E-state index is 12.7. The largest absolute Gasteiger partial charge is 0.462 e. The molecule has 0 aromatic heterocycles. The Balaban J connectivity index is 4.12. The molecule has 0 aliphatic rings. The van der Waals surface area contributed by atoms with Gasteiger partial charge in [0.25, 0.3) is 0 Å². The minimum atomic E-state index is -0.528. The van der Waals surface area contributed by atoms with Crippen LogP contribution in [0.2, 0.25) is 0 Å². The van der Waals surface area contributed by atoms with E-state index in [9.17, 15) is 9.59 Å². The predicted octanol–water partition coefficient (Wildman–Crippen LogP) is 17.2. The van der Waals surface area contributed by atoms with Crippen LogP contribution in [0.5, 0.6) is 0 Å². The van der Waals surface area contributed by atoms with Crippen LogP contribution in [-0.2, 0) is 23.8 Å². The zero-order chi connectivity index (χ0) is 42.1. The Morgan fingerprint density at radius 1 is 0.379 bits per heavy atom. The van der Waals surface area contributed by atoms with Gasteiger partial charge >= 0.3 is 11.9 Å². The molecule has 5 heteroatoms. The van der Waals surface area contributed by atoms with Crippen molar-refractivity contribution in [2.24, 2.45) is 0 Å². The van der Waals surface area contributed by atoms with Crippen molar-refractivity contribution in [3.8, 4) is 0 Å². The molecule has 0 aromatic rings. The van der Waals surface area contributed by atoms with Crippen LogP contribution in [0.15, 0.2) is 24.3 Å². The highest BCUT2D eigenvalue weighted by atomic mass is 16.6. The molecule has 0 N–H and O–H groups in total. The van der Waals surface area contributed by atoms with Crippen molar-refractivity contribution in [2.75, 3.05) is 19.8 Å². The summed E-state index contributed by atoms with van der Waals surface area (Å²) in [6.45, 7) is 7.83. The molecule has 342 valence electrons. The van der Waals surface area contributed by atoms with Gasteiger partial charge in [-0.05, 0) is 51.4 Å². The third kappa shape index (κ3) is 47.1. The quantitative estimate of drug-likeness (QED) is 0.0348. The normalized spacial score (nSPS) is 12.3. The lowest BCUT2D eigenvalue weighted by atomic mass is 10.0. The Morgan fingerprint density at radius 2 is 0.724 bits per heavy atom. The van der Waals surface area contributed by atoms with Crippen LogP contribution >= 0.6 is 0 Å². The summed E-state index contributed by atoms with van der Waals surface area (Å²) in [4.78, 5) is 25.3. The van der Waals surface area contributed by atoms with E-state index in [-0.39, 0.29) is 18.5 Å². The average Bonchev–Trinajstić information content (AvgIpc) is 3.22. The lowest BCUT2D eigenvalue weighted by Crippen LogP contribution is -2.30. The number of unbranched alkanes of at least 4 members (excludes halogenated alkanes) is 33. The van der Waals surface area contributed by atoms with Gasteiger partial charge in [-0.1, -0.05) is 238 Å². The van der Waals surface area contributed by atoms with Gasteiger partial charge in [0.05, 0.1) is 6.61 Å². The first-order chi connectivity index (χ1) is 28.6. The summed E-state index contributed by atoms with van der Waals surface area (Å²) >= 11 is 0. The van der Waals surface area contributed by atoms with Crippen LogP contribution < -0.4 is 0 Å². The molecule has 0 amide bonds. The molecule has 0 bridgehead atoms. The van der Waals surface area contributed by atoms with Crippen LogP contribution in [0.25, 0.3) is 0 Å². The van der Waals surface area contributed by atoms with E-state index in [2.05, 4.69) is 45.1 Å². The first kappa shape index (κ1) is 56.4. The fourth-order valence-electron chi connectivity index (χ4n) is 7.60. The third-order valence-electron chi connectivity index (χ3n) is 11.5. The summed E-state index contributed by atoms with van der Waals surface area (Å²) < 4.78 is 17.4. The molecule has 0 radical (unpaired) electrons. The number of ether oxygens (including phenoxy) is 3. The van der Waals surface area contributed by atoms with Gasteiger partial charge in [-0.25, -0.2) is 0 Å². The van der Waals surface area contributed by atoms with Crippen molar-refractivity contribution in [1.29, 1.82) is 0 Å². The predicted molar refractivity (Wildman–Crippen MR) is 252 cm³/mol. The maximum atomic E-state index is 12.7. The number of hydrogen-bond acceptors (Lipinski definition) is 5. The molecule has 1 unspecified atom stereocenters. The Morgan fingerprint density at radius 3 is 1.17 bits per heavy atom. The van der Waals surface area contributed by atoms with E-state index in [4.69, 9.17) is 14.2 Å². The number of rotatable bonds is 48. The number of carbonyl (C=O) groups is 2. The summed E-state index contributed by atoms with van der Waals surface area (Å²) in [6, 6.07) is 0. The van der Waals surface area contributed by atoms with Crippen LogP contribution in [0, 0.1) is 0 Å². The zero-order valence-corrected chi connectivity index (χ0v) is 39.3. The molecule has 0 saturated carbocycles. The second-order valence-corrected chi connectivity index (χ2v) is 17.4. The van der Waals surface area contributed by atoms with Crippen LogP contribution in [0.3, 0.4) is 0 Å². The molecule has 0 aliphatic heterocycles. The molecular formula is C53H100O5. The van der Waals surface area contributed by atoms with Gasteiger partial charge in [-0.2, -0.15) is 0 Å². The van der Waals surface area contributed by atoms with Crippen molar-refractivity contribution in [3.05, 3.63) is 24.3 Å². The molecule has 5 nitrogen and oxygen atoms in total. The first-order valence-corrected chi connectivity index (χ1v) is 25.9. The smallest absolute Gasteiger partial charge is 0.306 e. The van der Waals surface area contributed by atoms with E-state index in [1.807, 2.05) is 0 Å². The van der Waals surface area contributed by atoms with Gasteiger partial charge in [0.2, 0.25) is 0 Å². The second kappa shape index (κ2) is 49.7. The van der Waals surface area contributed by atoms with Gasteiger partial charge in [-0.3, -0.25) is 9.59 Å². The van der Waals surface area contributed by atoms with E-state index in [1.165, 1.54) is 199 Å². The lowest BCUT2D eigenvalue weighted by Gasteiger charge is -2.18. The Labute approximate surface area is 362 Å². The van der Waals surface area contributed by atoms with Gasteiger partial charge < -0.3 is 14.2 Å². The number of carbonyl (C=O) groups excluding carboxylic acids is 2. The van der Waals surface area contributed by atoms with E-state index in [0.717, 1.165) is 44.9 Å². The number of allylic oxidation sites excluding steroid dienone is 4. The SMILES string of the molecule is CCCCC/C=C\C/C=C\CCCCCCCCCCCCOCC(COC(=O)CCCCCCCCCCCCCCC)OC(=O)CCCCCCCCCCC. The minimum Gasteiger partial charge on any atom is -0.462 e. The zero-order valence-electron chi connectivity index (χ0n) is 39.3. The van der Waals surface area contributed by atoms with Crippen molar-refractivity contribution >= 4 is 11.9 Å². The standard InChI is InChI=1S/C53H100O5/c1-4-7-10-13-16-19-21-23-24-25-26-27-28-29-31-33-36-39-42-45-48-56-49-51(58-53(55)47-44-41-38-34-18-15-12-9-6-3)50-57-52(54)46-43-40-37-35-32-30-22-20-17-14-11-8-5-2/h16,19,23-24,51H,4-15,17-18,20-22,25-50H2,1-3H3/b19-16-,24-23-. The Kier molecular flexibility index (Phi) is 48.4. The van der Waals surface area contributed by atoms with E-state index < -0.39 is 6.10 Å². The molecule has 0 rings (SSSR count). The fourth-order valence-corrected chi connectivity index (χ4v) is 7.60. The van der Waals surface area contributed by atoms with Crippen LogP contribution in [0.4, 0.5) is 0 Å². The van der Waals surface area contributed by atoms with Gasteiger partial charge in [0, 0.05) is 19.4 Å². The van der Waals surface area contributed by atoms with Crippen molar-refractivity contribution in [2.45, 2.75) is 284 Å². The van der Waals surface area contributed by atoms with Crippen molar-refractivity contribution in [3.63, 3.8) is 0 Å². The van der Waals surface area contributed by atoms with E-state index in [0.29, 0.717) is 26.1 Å². The lowest BCUT2D eigenvalue weighted by molar-refractivity contribution is -0.163. The summed E-state index contributed by atoms with van der Waals surface area (Å²) in [5.41, 5.74) is 0. The van der Waals surface area contributed by atoms with Crippen molar-refractivity contribution in [1.82, 2.24) is 0 Å². The Bertz CT molecular complexity index is 882. The molecule has 0 aromatic carbocycles. The average molecular weight is 817 g/mol. The topological polar surface area (TPSA) is 61.8 Å². The van der Waals surface area contributed by atoms with Crippen LogP contribution in [-0.4, -0.2) is 37.9 Å². The highest BCUT2D eigenvalue weighted by molar-refractivity contribution is 5.70. The Hall–Kier alpha value is -1.62. The summed E-state index contributed by atoms with van der Waals surface area (Å²) in [5, 5.41) is 0. The van der Waals surface area contributed by atoms with E-state index in [1.54, 1.807) is 0 Å². The molecule has 0 fully saturated rings. The molecule has 0 saturated heterocycles. The molecule has 0 spiro atoms. The summed E-state index contributed by atoms with van der Waals surface area (Å²) in [7, 11) is 0. The highest BCUT2D eigenvalue weighted by Gasteiger charge is 2.17. The fraction of sp³-hybridized carbons (Fsp3) is 0.887. The molecule has 1 atom stereocenters. The monoisotopic (exact) mass is 817 g/mol. The maximum Gasteiger partial charge on any atom is 0.306 e. The van der Waals surface area contributed by atoms with E-state index >= 15 is 0 Å². The minimum absolute atomic E-state index is 0.0916. The first-order valence-electron chi connectivity index (χ1n) is 25.9.